The van der Waals surface area contributed by atoms with Crippen LogP contribution >= 0.6 is 0 Å². The molecule has 9 heteroatoms. The normalized spacial score (nSPS) is 13.3. The van der Waals surface area contributed by atoms with Gasteiger partial charge in [0.1, 0.15) is 11.3 Å². The summed E-state index contributed by atoms with van der Waals surface area (Å²) in [6.07, 6.45) is 5.16. The number of imidazole rings is 1. The van der Waals surface area contributed by atoms with Crippen LogP contribution < -0.4 is 9.64 Å². The fourth-order valence-electron chi connectivity index (χ4n) is 4.43. The summed E-state index contributed by atoms with van der Waals surface area (Å²) in [5, 5.41) is 0.751. The summed E-state index contributed by atoms with van der Waals surface area (Å²) < 4.78 is 22.5. The molecule has 0 saturated carbocycles. The number of fused-ring (bicyclic) bond motifs is 3. The van der Waals surface area contributed by atoms with E-state index in [4.69, 9.17) is 4.74 Å². The number of aromatic nitrogens is 4. The number of nitrogens with zero attached hydrogens (tertiary/aromatic N) is 5. The highest BCUT2D eigenvalue weighted by molar-refractivity contribution is 6.19. The summed E-state index contributed by atoms with van der Waals surface area (Å²) in [6.45, 7) is 0. The van der Waals surface area contributed by atoms with Crippen molar-refractivity contribution in [3.63, 3.8) is 0 Å². The summed E-state index contributed by atoms with van der Waals surface area (Å²) in [4.78, 5) is 38.3. The van der Waals surface area contributed by atoms with Gasteiger partial charge >= 0.3 is 6.01 Å². The summed E-state index contributed by atoms with van der Waals surface area (Å²) >= 11 is 0. The van der Waals surface area contributed by atoms with E-state index in [1.54, 1.807) is 29.2 Å². The number of halogens is 1. The lowest BCUT2D eigenvalue weighted by molar-refractivity contribution is -0.121. The van der Waals surface area contributed by atoms with Crippen molar-refractivity contribution in [2.75, 3.05) is 12.0 Å². The number of benzene rings is 2. The van der Waals surface area contributed by atoms with Gasteiger partial charge in [0.05, 0.1) is 35.7 Å². The van der Waals surface area contributed by atoms with Crippen molar-refractivity contribution in [3.05, 3.63) is 84.1 Å². The van der Waals surface area contributed by atoms with Crippen LogP contribution in [0.15, 0.2) is 67.1 Å². The second-order valence-electron chi connectivity index (χ2n) is 8.41. The maximum Gasteiger partial charge on any atom is 0.301 e. The van der Waals surface area contributed by atoms with Gasteiger partial charge in [-0.3, -0.25) is 24.1 Å². The molecule has 37 heavy (non-hydrogen) atoms. The SMILES string of the molecule is COc1nc2cnc3ccc(C#Cc4cccnc4)cc3c2n1-c1ccc(N2C(=O)CCC2=O)c(F)c1. The smallest absolute Gasteiger partial charge is 0.301 e. The first kappa shape index (κ1) is 22.4. The zero-order chi connectivity index (χ0) is 25.5. The van der Waals surface area contributed by atoms with Crippen LogP contribution in [0.25, 0.3) is 27.6 Å². The summed E-state index contributed by atoms with van der Waals surface area (Å²) in [7, 11) is 1.48. The minimum atomic E-state index is -0.702. The molecule has 0 atom stereocenters. The van der Waals surface area contributed by atoms with E-state index in [-0.39, 0.29) is 24.5 Å². The van der Waals surface area contributed by atoms with Gasteiger partial charge in [-0.25, -0.2) is 9.29 Å². The largest absolute Gasteiger partial charge is 0.468 e. The Kier molecular flexibility index (Phi) is 5.34. The van der Waals surface area contributed by atoms with E-state index in [1.165, 1.54) is 19.2 Å². The van der Waals surface area contributed by atoms with E-state index in [0.717, 1.165) is 21.4 Å². The van der Waals surface area contributed by atoms with Crippen molar-refractivity contribution in [2.24, 2.45) is 0 Å². The first-order valence-corrected chi connectivity index (χ1v) is 11.5. The van der Waals surface area contributed by atoms with Crippen LogP contribution in [0.4, 0.5) is 10.1 Å². The van der Waals surface area contributed by atoms with Gasteiger partial charge in [0, 0.05) is 47.8 Å². The first-order valence-electron chi connectivity index (χ1n) is 11.5. The minimum absolute atomic E-state index is 0.0703. The van der Waals surface area contributed by atoms with Crippen molar-refractivity contribution < 1.29 is 18.7 Å². The molecule has 1 fully saturated rings. The zero-order valence-electron chi connectivity index (χ0n) is 19.6. The molecule has 5 aromatic rings. The summed E-state index contributed by atoms with van der Waals surface area (Å²) in [5.41, 5.74) is 3.80. The number of rotatable bonds is 3. The minimum Gasteiger partial charge on any atom is -0.468 e. The van der Waals surface area contributed by atoms with Crippen LogP contribution in [0.2, 0.25) is 0 Å². The Morgan fingerprint density at radius 1 is 0.946 bits per heavy atom. The molecule has 0 bridgehead atoms. The zero-order valence-corrected chi connectivity index (χ0v) is 19.6. The second kappa shape index (κ2) is 8.84. The lowest BCUT2D eigenvalue weighted by Crippen LogP contribution is -2.29. The molecule has 180 valence electrons. The van der Waals surface area contributed by atoms with E-state index in [0.29, 0.717) is 22.2 Å². The number of carbonyl (C=O) groups excluding carboxylic acids is 2. The van der Waals surface area contributed by atoms with Crippen LogP contribution in [-0.4, -0.2) is 38.4 Å². The molecule has 0 radical (unpaired) electrons. The Labute approximate surface area is 210 Å². The highest BCUT2D eigenvalue weighted by Crippen LogP contribution is 2.34. The molecule has 0 aliphatic carbocycles. The molecular weight excluding hydrogens is 473 g/mol. The average molecular weight is 491 g/mol. The van der Waals surface area contributed by atoms with E-state index in [2.05, 4.69) is 26.8 Å². The lowest BCUT2D eigenvalue weighted by atomic mass is 10.1. The fraction of sp³-hybridized carbons (Fsp3) is 0.107. The number of amides is 2. The highest BCUT2D eigenvalue weighted by atomic mass is 19.1. The van der Waals surface area contributed by atoms with Gasteiger partial charge in [-0.15, -0.1) is 0 Å². The van der Waals surface area contributed by atoms with Gasteiger partial charge in [0.2, 0.25) is 11.8 Å². The Bertz CT molecular complexity index is 1770. The van der Waals surface area contributed by atoms with E-state index < -0.39 is 17.6 Å². The number of imide groups is 1. The van der Waals surface area contributed by atoms with E-state index >= 15 is 4.39 Å². The van der Waals surface area contributed by atoms with Crippen LogP contribution in [-0.2, 0) is 9.59 Å². The molecule has 3 aromatic heterocycles. The van der Waals surface area contributed by atoms with Crippen LogP contribution in [0.1, 0.15) is 24.0 Å². The Morgan fingerprint density at radius 2 is 1.76 bits per heavy atom. The van der Waals surface area contributed by atoms with E-state index in [1.807, 2.05) is 30.3 Å². The third-order valence-electron chi connectivity index (χ3n) is 6.13. The summed E-state index contributed by atoms with van der Waals surface area (Å²) in [5.74, 6) is 4.70. The second-order valence-corrected chi connectivity index (χ2v) is 8.41. The molecule has 0 spiro atoms. The predicted molar refractivity (Wildman–Crippen MR) is 135 cm³/mol. The standard InChI is InChI=1S/C28H18FN5O3/c1-37-28-32-23-16-31-22-8-6-17(4-5-18-3-2-12-30-15-18)13-20(22)27(23)33(28)19-7-9-24(21(29)14-19)34-25(35)10-11-26(34)36/h2-3,6-9,12-16H,10-11H2,1H3. The molecule has 6 rings (SSSR count). The number of carbonyl (C=O) groups is 2. The molecule has 4 heterocycles. The van der Waals surface area contributed by atoms with Crippen LogP contribution in [0.3, 0.4) is 0 Å². The molecule has 0 N–H and O–H groups in total. The van der Waals surface area contributed by atoms with Crippen molar-refractivity contribution in [2.45, 2.75) is 12.8 Å². The molecule has 2 aromatic carbocycles. The fourth-order valence-corrected chi connectivity index (χ4v) is 4.43. The predicted octanol–water partition coefficient (Wildman–Crippen LogP) is 4.17. The molecule has 1 saturated heterocycles. The average Bonchev–Trinajstić information content (AvgIpc) is 3.47. The van der Waals surface area contributed by atoms with E-state index in [9.17, 15) is 9.59 Å². The molecular formula is C28H18FN5O3. The molecule has 1 aliphatic heterocycles. The van der Waals surface area contributed by atoms with Crippen molar-refractivity contribution in [1.82, 2.24) is 19.5 Å². The highest BCUT2D eigenvalue weighted by Gasteiger charge is 2.32. The van der Waals surface area contributed by atoms with Crippen molar-refractivity contribution in [1.29, 1.82) is 0 Å². The quantitative estimate of drug-likeness (QED) is 0.278. The number of hydrogen-bond acceptors (Lipinski definition) is 6. The van der Waals surface area contributed by atoms with Gasteiger partial charge in [-0.2, -0.15) is 4.98 Å². The maximum absolute atomic E-state index is 15.3. The number of anilines is 1. The van der Waals surface area contributed by atoms with Gasteiger partial charge in [0.15, 0.2) is 0 Å². The lowest BCUT2D eigenvalue weighted by Gasteiger charge is -2.16. The monoisotopic (exact) mass is 491 g/mol. The van der Waals surface area contributed by atoms with Crippen molar-refractivity contribution >= 4 is 39.4 Å². The van der Waals surface area contributed by atoms with Gasteiger partial charge in [-0.05, 0) is 42.5 Å². The third kappa shape index (κ3) is 3.85. The van der Waals surface area contributed by atoms with Crippen LogP contribution in [0, 0.1) is 17.7 Å². The Hall–Kier alpha value is -5.10. The molecule has 8 nitrogen and oxygen atoms in total. The first-order chi connectivity index (χ1) is 18.0. The Morgan fingerprint density at radius 3 is 2.49 bits per heavy atom. The summed E-state index contributed by atoms with van der Waals surface area (Å²) in [6, 6.07) is 13.9. The van der Waals surface area contributed by atoms with Crippen molar-refractivity contribution in [3.8, 4) is 23.5 Å². The number of pyridine rings is 2. The number of hydrogen-bond donors (Lipinski definition) is 0. The number of ether oxygens (including phenoxy) is 1. The van der Waals surface area contributed by atoms with Gasteiger partial charge < -0.3 is 4.74 Å². The topological polar surface area (TPSA) is 90.2 Å². The Balaban J connectivity index is 1.52. The third-order valence-corrected chi connectivity index (χ3v) is 6.13. The molecule has 1 aliphatic rings. The van der Waals surface area contributed by atoms with Gasteiger partial charge in [-0.1, -0.05) is 11.8 Å². The van der Waals surface area contributed by atoms with Crippen LogP contribution in [0.5, 0.6) is 6.01 Å². The molecule has 2 amide bonds. The van der Waals surface area contributed by atoms with Gasteiger partial charge in [0.25, 0.3) is 0 Å². The maximum atomic E-state index is 15.3. The number of methoxy groups -OCH3 is 1. The molecule has 0 unspecified atom stereocenters.